The number of hydrogen-bond acceptors (Lipinski definition) is 2. The SMILES string of the molecule is CC(C)(C)N1CC2(CCCCC2)CC1C(=O)O. The van der Waals surface area contributed by atoms with Crippen molar-refractivity contribution in [2.45, 2.75) is 70.9 Å². The fraction of sp³-hybridized carbons (Fsp3) is 0.929. The van der Waals surface area contributed by atoms with Gasteiger partial charge in [-0.25, -0.2) is 0 Å². The van der Waals surface area contributed by atoms with Gasteiger partial charge in [-0.15, -0.1) is 0 Å². The first-order valence-corrected chi connectivity index (χ1v) is 6.84. The third-order valence-electron chi connectivity index (χ3n) is 4.57. The number of carboxylic acids is 1. The van der Waals surface area contributed by atoms with Gasteiger partial charge in [0.25, 0.3) is 0 Å². The monoisotopic (exact) mass is 239 g/mol. The number of hydrogen-bond donors (Lipinski definition) is 1. The van der Waals surface area contributed by atoms with Gasteiger partial charge < -0.3 is 5.11 Å². The van der Waals surface area contributed by atoms with Crippen LogP contribution in [0.15, 0.2) is 0 Å². The van der Waals surface area contributed by atoms with E-state index in [2.05, 4.69) is 25.7 Å². The molecule has 0 bridgehead atoms. The lowest BCUT2D eigenvalue weighted by Crippen LogP contribution is -2.48. The van der Waals surface area contributed by atoms with Crippen LogP contribution in [0.5, 0.6) is 0 Å². The first-order valence-electron chi connectivity index (χ1n) is 6.84. The lowest BCUT2D eigenvalue weighted by Gasteiger charge is -2.37. The van der Waals surface area contributed by atoms with Gasteiger partial charge in [-0.2, -0.15) is 0 Å². The maximum Gasteiger partial charge on any atom is 0.320 e. The van der Waals surface area contributed by atoms with Gasteiger partial charge in [0, 0.05) is 12.1 Å². The Morgan fingerprint density at radius 2 is 1.82 bits per heavy atom. The van der Waals surface area contributed by atoms with E-state index in [9.17, 15) is 9.90 Å². The fourth-order valence-electron chi connectivity index (χ4n) is 3.65. The highest BCUT2D eigenvalue weighted by Gasteiger charge is 2.49. The second-order valence-corrected chi connectivity index (χ2v) is 6.92. The summed E-state index contributed by atoms with van der Waals surface area (Å²) in [5.41, 5.74) is 0.262. The van der Waals surface area contributed by atoms with Crippen molar-refractivity contribution in [3.05, 3.63) is 0 Å². The van der Waals surface area contributed by atoms with E-state index in [-0.39, 0.29) is 11.6 Å². The molecule has 98 valence electrons. The van der Waals surface area contributed by atoms with Crippen molar-refractivity contribution in [1.82, 2.24) is 4.90 Å². The van der Waals surface area contributed by atoms with Gasteiger partial charge in [0.15, 0.2) is 0 Å². The molecule has 1 heterocycles. The van der Waals surface area contributed by atoms with E-state index < -0.39 is 5.97 Å². The summed E-state index contributed by atoms with van der Waals surface area (Å²) in [5, 5.41) is 9.42. The molecule has 0 aromatic carbocycles. The molecule has 3 nitrogen and oxygen atoms in total. The van der Waals surface area contributed by atoms with Gasteiger partial charge in [0.05, 0.1) is 0 Å². The molecule has 1 N–H and O–H groups in total. The molecule has 1 unspecified atom stereocenters. The minimum Gasteiger partial charge on any atom is -0.480 e. The highest BCUT2D eigenvalue weighted by molar-refractivity contribution is 5.74. The van der Waals surface area contributed by atoms with Crippen LogP contribution in [-0.2, 0) is 4.79 Å². The fourth-order valence-corrected chi connectivity index (χ4v) is 3.65. The Kier molecular flexibility index (Phi) is 3.23. The van der Waals surface area contributed by atoms with Crippen LogP contribution in [0.3, 0.4) is 0 Å². The van der Waals surface area contributed by atoms with E-state index in [0.717, 1.165) is 13.0 Å². The molecule has 0 radical (unpaired) electrons. The largest absolute Gasteiger partial charge is 0.480 e. The molecule has 2 rings (SSSR count). The molecule has 1 atom stereocenters. The van der Waals surface area contributed by atoms with Gasteiger partial charge in [0.1, 0.15) is 6.04 Å². The molecule has 17 heavy (non-hydrogen) atoms. The average molecular weight is 239 g/mol. The Hall–Kier alpha value is -0.570. The van der Waals surface area contributed by atoms with Crippen LogP contribution in [0.4, 0.5) is 0 Å². The van der Waals surface area contributed by atoms with E-state index in [1.165, 1.54) is 32.1 Å². The number of nitrogens with zero attached hydrogens (tertiary/aromatic N) is 1. The van der Waals surface area contributed by atoms with Crippen LogP contribution in [0.2, 0.25) is 0 Å². The Morgan fingerprint density at radius 1 is 1.24 bits per heavy atom. The molecule has 2 fully saturated rings. The summed E-state index contributed by atoms with van der Waals surface area (Å²) in [6.07, 6.45) is 7.20. The van der Waals surface area contributed by atoms with Crippen LogP contribution >= 0.6 is 0 Å². The summed E-state index contributed by atoms with van der Waals surface area (Å²) in [4.78, 5) is 13.7. The van der Waals surface area contributed by atoms with Crippen molar-refractivity contribution in [1.29, 1.82) is 0 Å². The van der Waals surface area contributed by atoms with E-state index >= 15 is 0 Å². The average Bonchev–Trinajstić information content (AvgIpc) is 2.59. The molecule has 1 aliphatic heterocycles. The van der Waals surface area contributed by atoms with Crippen LogP contribution in [0.1, 0.15) is 59.3 Å². The van der Waals surface area contributed by atoms with Crippen LogP contribution < -0.4 is 0 Å². The minimum atomic E-state index is -0.637. The molecule has 3 heteroatoms. The normalized spacial score (nSPS) is 29.7. The highest BCUT2D eigenvalue weighted by Crippen LogP contribution is 2.48. The quantitative estimate of drug-likeness (QED) is 0.765. The zero-order chi connectivity index (χ0) is 12.7. The molecule has 1 aliphatic carbocycles. The summed E-state index contributed by atoms with van der Waals surface area (Å²) in [5.74, 6) is -0.637. The number of rotatable bonds is 1. The smallest absolute Gasteiger partial charge is 0.320 e. The van der Waals surface area contributed by atoms with Gasteiger partial charge >= 0.3 is 5.97 Å². The number of aliphatic carboxylic acids is 1. The molecule has 0 aromatic heterocycles. The predicted octanol–water partition coefficient (Wildman–Crippen LogP) is 2.89. The van der Waals surface area contributed by atoms with E-state index in [4.69, 9.17) is 0 Å². The number of carboxylic acid groups (broad SMARTS) is 1. The van der Waals surface area contributed by atoms with E-state index in [1.807, 2.05) is 0 Å². The lowest BCUT2D eigenvalue weighted by molar-refractivity contribution is -0.143. The van der Waals surface area contributed by atoms with Crippen molar-refractivity contribution in [3.63, 3.8) is 0 Å². The Labute approximate surface area is 104 Å². The summed E-state index contributed by atoms with van der Waals surface area (Å²) < 4.78 is 0. The summed E-state index contributed by atoms with van der Waals surface area (Å²) in [7, 11) is 0. The number of likely N-dealkylation sites (tertiary alicyclic amines) is 1. The Bertz CT molecular complexity index is 300. The standard InChI is InChI=1S/C14H25NO2/c1-13(2,3)15-10-14(7-5-4-6-8-14)9-11(15)12(16)17/h11H,4-10H2,1-3H3,(H,16,17). The van der Waals surface area contributed by atoms with Crippen LogP contribution in [0, 0.1) is 5.41 Å². The maximum atomic E-state index is 11.4. The molecule has 1 saturated heterocycles. The molecular weight excluding hydrogens is 214 g/mol. The zero-order valence-electron chi connectivity index (χ0n) is 11.3. The van der Waals surface area contributed by atoms with Crippen molar-refractivity contribution in [3.8, 4) is 0 Å². The molecule has 2 aliphatic rings. The van der Waals surface area contributed by atoms with Gasteiger partial charge in [-0.1, -0.05) is 19.3 Å². The van der Waals surface area contributed by atoms with Crippen molar-refractivity contribution < 1.29 is 9.90 Å². The zero-order valence-corrected chi connectivity index (χ0v) is 11.3. The first-order chi connectivity index (χ1) is 7.84. The van der Waals surface area contributed by atoms with Crippen LogP contribution in [0.25, 0.3) is 0 Å². The summed E-state index contributed by atoms with van der Waals surface area (Å²) >= 11 is 0. The van der Waals surface area contributed by atoms with E-state index in [1.54, 1.807) is 0 Å². The topological polar surface area (TPSA) is 40.5 Å². The predicted molar refractivity (Wildman–Crippen MR) is 68.0 cm³/mol. The molecule has 1 spiro atoms. The maximum absolute atomic E-state index is 11.4. The Balaban J connectivity index is 2.19. The third kappa shape index (κ3) is 2.49. The van der Waals surface area contributed by atoms with Crippen molar-refractivity contribution in [2.75, 3.05) is 6.54 Å². The molecular formula is C14H25NO2. The summed E-state index contributed by atoms with van der Waals surface area (Å²) in [6, 6.07) is -0.270. The Morgan fingerprint density at radius 3 is 2.24 bits per heavy atom. The molecule has 0 amide bonds. The van der Waals surface area contributed by atoms with E-state index in [0.29, 0.717) is 5.41 Å². The molecule has 1 saturated carbocycles. The second kappa shape index (κ2) is 4.27. The second-order valence-electron chi connectivity index (χ2n) is 6.92. The lowest BCUT2D eigenvalue weighted by atomic mass is 9.73. The molecule has 0 aromatic rings. The van der Waals surface area contributed by atoms with Gasteiger partial charge in [0.2, 0.25) is 0 Å². The first kappa shape index (κ1) is 12.9. The van der Waals surface area contributed by atoms with Crippen molar-refractivity contribution in [2.24, 2.45) is 5.41 Å². The third-order valence-corrected chi connectivity index (χ3v) is 4.57. The summed E-state index contributed by atoms with van der Waals surface area (Å²) in [6.45, 7) is 7.37. The number of carbonyl (C=O) groups is 1. The highest BCUT2D eigenvalue weighted by atomic mass is 16.4. The van der Waals surface area contributed by atoms with Gasteiger partial charge in [-0.05, 0) is 45.4 Å². The van der Waals surface area contributed by atoms with Gasteiger partial charge in [-0.3, -0.25) is 9.69 Å². The van der Waals surface area contributed by atoms with Crippen LogP contribution in [-0.4, -0.2) is 34.1 Å². The minimum absolute atomic E-state index is 0.0377. The van der Waals surface area contributed by atoms with Crippen molar-refractivity contribution >= 4 is 5.97 Å².